The number of amides is 1. The second kappa shape index (κ2) is 3.87. The molecule has 0 aliphatic carbocycles. The lowest BCUT2D eigenvalue weighted by Crippen LogP contribution is -2.38. The summed E-state index contributed by atoms with van der Waals surface area (Å²) >= 11 is 5.16. The summed E-state index contributed by atoms with van der Waals surface area (Å²) in [5.74, 6) is 0.0174. The maximum atomic E-state index is 11.1. The molecular weight excluding hydrogens is 184 g/mol. The molecule has 1 amide bonds. The van der Waals surface area contributed by atoms with Gasteiger partial charge < -0.3 is 4.90 Å². The molecule has 0 spiro atoms. The summed E-state index contributed by atoms with van der Waals surface area (Å²) in [5, 5.41) is 0.625. The van der Waals surface area contributed by atoms with Crippen LogP contribution in [0.2, 0.25) is 0 Å². The number of thiocarbonyl (C=S) groups is 1. The van der Waals surface area contributed by atoms with Gasteiger partial charge in [0.25, 0.3) is 0 Å². The summed E-state index contributed by atoms with van der Waals surface area (Å²) in [6, 6.07) is 0.205. The van der Waals surface area contributed by atoms with Gasteiger partial charge in [0.05, 0.1) is 0 Å². The van der Waals surface area contributed by atoms with Crippen molar-refractivity contribution in [3.8, 4) is 0 Å². The van der Waals surface area contributed by atoms with Crippen LogP contribution in [0, 0.1) is 0 Å². The lowest BCUT2D eigenvalue weighted by atomic mass is 10.3. The molecule has 1 rings (SSSR count). The molecule has 0 saturated carbocycles. The molecule has 1 saturated heterocycles. The Kier molecular flexibility index (Phi) is 3.03. The molecule has 0 bridgehead atoms. The third-order valence-electron chi connectivity index (χ3n) is 2.25. The van der Waals surface area contributed by atoms with Crippen molar-refractivity contribution in [2.24, 2.45) is 0 Å². The van der Waals surface area contributed by atoms with Crippen molar-refractivity contribution in [3.05, 3.63) is 12.7 Å². The maximum Gasteiger partial charge on any atom is 0.225 e. The Labute approximate surface area is 84.0 Å². The highest BCUT2D eigenvalue weighted by atomic mass is 32.1. The van der Waals surface area contributed by atoms with E-state index in [0.29, 0.717) is 11.7 Å². The Balaban J connectivity index is 2.70. The van der Waals surface area contributed by atoms with Crippen LogP contribution in [0.4, 0.5) is 0 Å². The van der Waals surface area contributed by atoms with E-state index in [-0.39, 0.29) is 11.9 Å². The number of hydrogen-bond acceptors (Lipinski definition) is 2. The number of rotatable bonds is 2. The van der Waals surface area contributed by atoms with Crippen molar-refractivity contribution < 1.29 is 4.79 Å². The summed E-state index contributed by atoms with van der Waals surface area (Å²) in [5.41, 5.74) is 0. The van der Waals surface area contributed by atoms with E-state index in [1.807, 2.05) is 17.9 Å². The molecule has 0 N–H and O–H groups in total. The van der Waals surface area contributed by atoms with Gasteiger partial charge in [-0.25, -0.2) is 0 Å². The molecule has 1 heterocycles. The van der Waals surface area contributed by atoms with E-state index in [9.17, 15) is 4.79 Å². The van der Waals surface area contributed by atoms with Gasteiger partial charge in [-0.3, -0.25) is 9.69 Å². The molecule has 0 radical (unpaired) electrons. The predicted octanol–water partition coefficient (Wildman–Crippen LogP) is 1.01. The number of carbonyl (C=O) groups excluding carboxylic acids is 1. The second-order valence-electron chi connectivity index (χ2n) is 3.12. The van der Waals surface area contributed by atoms with Gasteiger partial charge in [-0.1, -0.05) is 6.08 Å². The van der Waals surface area contributed by atoms with Crippen molar-refractivity contribution in [1.29, 1.82) is 0 Å². The third kappa shape index (κ3) is 1.88. The minimum absolute atomic E-state index is 0.0174. The molecule has 1 atom stereocenters. The van der Waals surface area contributed by atoms with Crippen LogP contribution in [0.3, 0.4) is 0 Å². The van der Waals surface area contributed by atoms with Gasteiger partial charge in [-0.15, -0.1) is 6.58 Å². The molecule has 0 aromatic heterocycles. The highest BCUT2D eigenvalue weighted by Crippen LogP contribution is 2.13. The van der Waals surface area contributed by atoms with Gasteiger partial charge in [0, 0.05) is 26.1 Å². The summed E-state index contributed by atoms with van der Waals surface area (Å²) in [6.45, 7) is 8.77. The largest absolute Gasteiger partial charge is 0.341 e. The van der Waals surface area contributed by atoms with E-state index >= 15 is 0 Å². The van der Waals surface area contributed by atoms with E-state index in [0.717, 1.165) is 6.54 Å². The van der Waals surface area contributed by atoms with Gasteiger partial charge in [0.1, 0.15) is 0 Å². The summed E-state index contributed by atoms with van der Waals surface area (Å²) < 4.78 is 0. The Morgan fingerprint density at radius 1 is 1.69 bits per heavy atom. The zero-order valence-electron chi connectivity index (χ0n) is 7.99. The quantitative estimate of drug-likeness (QED) is 0.489. The highest BCUT2D eigenvalue weighted by Gasteiger charge is 2.29. The van der Waals surface area contributed by atoms with Crippen molar-refractivity contribution >= 4 is 23.2 Å². The fraction of sp³-hybridized carbons (Fsp3) is 0.556. The van der Waals surface area contributed by atoms with Crippen molar-refractivity contribution in [2.75, 3.05) is 13.1 Å². The molecule has 1 unspecified atom stereocenters. The first kappa shape index (κ1) is 10.2. The second-order valence-corrected chi connectivity index (χ2v) is 3.49. The molecule has 0 aromatic rings. The van der Waals surface area contributed by atoms with Crippen LogP contribution in [0.15, 0.2) is 12.7 Å². The van der Waals surface area contributed by atoms with Crippen molar-refractivity contribution in [2.45, 2.75) is 19.9 Å². The lowest BCUT2D eigenvalue weighted by Gasteiger charge is -2.23. The van der Waals surface area contributed by atoms with E-state index in [1.54, 1.807) is 4.90 Å². The monoisotopic (exact) mass is 198 g/mol. The Bertz CT molecular complexity index is 252. The SMILES string of the molecule is C=CC(C)N1CCN(C(C)=O)C1=S. The maximum absolute atomic E-state index is 11.1. The minimum atomic E-state index is 0.0174. The number of carbonyl (C=O) groups is 1. The van der Waals surface area contributed by atoms with Crippen LogP contribution in [-0.4, -0.2) is 40.0 Å². The summed E-state index contributed by atoms with van der Waals surface area (Å²) in [4.78, 5) is 14.7. The normalized spacial score (nSPS) is 19.1. The van der Waals surface area contributed by atoms with Crippen LogP contribution in [-0.2, 0) is 4.79 Å². The lowest BCUT2D eigenvalue weighted by molar-refractivity contribution is -0.124. The van der Waals surface area contributed by atoms with Crippen LogP contribution < -0.4 is 0 Å². The average Bonchev–Trinajstić information content (AvgIpc) is 2.46. The summed E-state index contributed by atoms with van der Waals surface area (Å²) in [6.07, 6.45) is 1.83. The average molecular weight is 198 g/mol. The first-order valence-corrected chi connectivity index (χ1v) is 4.70. The molecule has 72 valence electrons. The van der Waals surface area contributed by atoms with E-state index in [1.165, 1.54) is 6.92 Å². The third-order valence-corrected chi connectivity index (χ3v) is 2.71. The Hall–Kier alpha value is -0.900. The molecular formula is C9H14N2OS. The predicted molar refractivity (Wildman–Crippen MR) is 56.4 cm³/mol. The standard InChI is InChI=1S/C9H14N2OS/c1-4-7(2)10-5-6-11(8(3)12)9(10)13/h4,7H,1,5-6H2,2-3H3. The van der Waals surface area contributed by atoms with Gasteiger partial charge >= 0.3 is 0 Å². The van der Waals surface area contributed by atoms with Gasteiger partial charge in [-0.05, 0) is 19.1 Å². The zero-order valence-corrected chi connectivity index (χ0v) is 8.80. The molecule has 13 heavy (non-hydrogen) atoms. The zero-order chi connectivity index (χ0) is 10.0. The molecule has 1 fully saturated rings. The first-order chi connectivity index (χ1) is 6.07. The molecule has 3 nitrogen and oxygen atoms in total. The molecule has 4 heteroatoms. The van der Waals surface area contributed by atoms with Crippen molar-refractivity contribution in [3.63, 3.8) is 0 Å². The van der Waals surface area contributed by atoms with Crippen LogP contribution in [0.1, 0.15) is 13.8 Å². The van der Waals surface area contributed by atoms with Crippen LogP contribution >= 0.6 is 12.2 Å². The number of hydrogen-bond donors (Lipinski definition) is 0. The summed E-state index contributed by atoms with van der Waals surface area (Å²) in [7, 11) is 0. The molecule has 1 aliphatic rings. The van der Waals surface area contributed by atoms with Gasteiger partial charge in [-0.2, -0.15) is 0 Å². The fourth-order valence-electron chi connectivity index (χ4n) is 1.35. The fourth-order valence-corrected chi connectivity index (χ4v) is 1.83. The first-order valence-electron chi connectivity index (χ1n) is 4.29. The number of nitrogens with zero attached hydrogens (tertiary/aromatic N) is 2. The van der Waals surface area contributed by atoms with E-state index in [4.69, 9.17) is 12.2 Å². The smallest absolute Gasteiger partial charge is 0.225 e. The van der Waals surface area contributed by atoms with Crippen LogP contribution in [0.25, 0.3) is 0 Å². The Morgan fingerprint density at radius 3 is 2.69 bits per heavy atom. The topological polar surface area (TPSA) is 23.6 Å². The van der Waals surface area contributed by atoms with E-state index < -0.39 is 0 Å². The molecule has 0 aromatic carbocycles. The van der Waals surface area contributed by atoms with Gasteiger partial charge in [0.15, 0.2) is 5.11 Å². The van der Waals surface area contributed by atoms with Crippen LogP contribution in [0.5, 0.6) is 0 Å². The highest BCUT2D eigenvalue weighted by molar-refractivity contribution is 7.80. The van der Waals surface area contributed by atoms with Gasteiger partial charge in [0.2, 0.25) is 5.91 Å². The van der Waals surface area contributed by atoms with Crippen molar-refractivity contribution in [1.82, 2.24) is 9.80 Å². The van der Waals surface area contributed by atoms with E-state index in [2.05, 4.69) is 6.58 Å². The Morgan fingerprint density at radius 2 is 2.31 bits per heavy atom. The minimum Gasteiger partial charge on any atom is -0.341 e. The molecule has 1 aliphatic heterocycles.